The number of urea groups is 1. The highest BCUT2D eigenvalue weighted by Crippen LogP contribution is 2.32. The number of amidine groups is 1. The molecule has 27 heavy (non-hydrogen) atoms. The zero-order valence-corrected chi connectivity index (χ0v) is 16.2. The number of hydrazone groups is 1. The first kappa shape index (κ1) is 20.4. The number of rotatable bonds is 7. The SMILES string of the molecule is CC(C)N(c1ccc(N=C2C=N[N+](CCO)=C2N)c(NC(N)=O)c1)C(C)C. The van der Waals surface area contributed by atoms with Gasteiger partial charge in [0, 0.05) is 17.8 Å². The standard InChI is InChI=1S/C18H27N7O2/c1-11(2)25(12(3)4)13-5-6-14(15(9-13)23-18(20)27)22-16-10-21-24(7-8-26)17(16)19/h5-6,9-12,26H,7-8H2,1-4H3,(H4,19,20,21,23,27)/p+1. The Labute approximate surface area is 159 Å². The van der Waals surface area contributed by atoms with Gasteiger partial charge in [0.1, 0.15) is 12.8 Å². The second-order valence-corrected chi connectivity index (χ2v) is 6.76. The molecule has 0 saturated carbocycles. The monoisotopic (exact) mass is 374 g/mol. The van der Waals surface area contributed by atoms with E-state index in [4.69, 9.17) is 16.6 Å². The molecular weight excluding hydrogens is 346 g/mol. The topological polar surface area (TPSA) is 132 Å². The third-order valence-electron chi connectivity index (χ3n) is 4.06. The molecule has 1 aromatic rings. The average Bonchev–Trinajstić information content (AvgIpc) is 2.89. The van der Waals surface area contributed by atoms with Crippen molar-refractivity contribution < 1.29 is 14.6 Å². The summed E-state index contributed by atoms with van der Waals surface area (Å²) >= 11 is 0. The smallest absolute Gasteiger partial charge is 0.321 e. The molecule has 1 aliphatic heterocycles. The molecule has 1 heterocycles. The second-order valence-electron chi connectivity index (χ2n) is 6.76. The summed E-state index contributed by atoms with van der Waals surface area (Å²) in [5, 5.41) is 15.8. The minimum Gasteiger partial charge on any atom is -0.392 e. The summed E-state index contributed by atoms with van der Waals surface area (Å²) in [4.78, 5) is 18.2. The van der Waals surface area contributed by atoms with Gasteiger partial charge in [-0.2, -0.15) is 0 Å². The van der Waals surface area contributed by atoms with E-state index in [1.54, 1.807) is 6.07 Å². The summed E-state index contributed by atoms with van der Waals surface area (Å²) in [6.07, 6.45) is 1.52. The first-order chi connectivity index (χ1) is 12.7. The highest BCUT2D eigenvalue weighted by atomic mass is 16.3. The fourth-order valence-corrected chi connectivity index (χ4v) is 3.08. The van der Waals surface area contributed by atoms with Crippen molar-refractivity contribution in [2.75, 3.05) is 23.4 Å². The summed E-state index contributed by atoms with van der Waals surface area (Å²) in [6.45, 7) is 8.63. The molecule has 0 unspecified atom stereocenters. The Hall–Kier alpha value is -2.94. The maximum Gasteiger partial charge on any atom is 0.321 e. The lowest BCUT2D eigenvalue weighted by molar-refractivity contribution is -0.532. The van der Waals surface area contributed by atoms with Crippen LogP contribution < -0.4 is 21.7 Å². The Morgan fingerprint density at radius 2 is 2.00 bits per heavy atom. The zero-order chi connectivity index (χ0) is 20.1. The van der Waals surface area contributed by atoms with E-state index in [1.165, 1.54) is 10.9 Å². The molecule has 146 valence electrons. The quantitative estimate of drug-likeness (QED) is 0.534. The summed E-state index contributed by atoms with van der Waals surface area (Å²) in [5.74, 6) is 0.337. The molecule has 0 aromatic heterocycles. The van der Waals surface area contributed by atoms with E-state index in [-0.39, 0.29) is 25.2 Å². The third-order valence-corrected chi connectivity index (χ3v) is 4.06. The number of aliphatic imine (C=N–C) groups is 1. The number of carbonyl (C=O) groups is 1. The number of β-amino-alcohol motifs (C(OH)–C–C–N with tert-alkyl or cyclic N) is 1. The molecule has 9 heteroatoms. The van der Waals surface area contributed by atoms with Crippen LogP contribution in [0.25, 0.3) is 0 Å². The number of nitrogens with two attached hydrogens (primary N) is 2. The molecule has 0 saturated heterocycles. The van der Waals surface area contributed by atoms with Crippen molar-refractivity contribution in [3.05, 3.63) is 18.2 Å². The van der Waals surface area contributed by atoms with Crippen molar-refractivity contribution in [1.82, 2.24) is 0 Å². The van der Waals surface area contributed by atoms with Crippen LogP contribution in [0.1, 0.15) is 27.7 Å². The number of amides is 2. The number of hydrogen-bond acceptors (Lipinski definition) is 6. The predicted octanol–water partition coefficient (Wildman–Crippen LogP) is 1.23. The number of nitrogens with zero attached hydrogens (tertiary/aromatic N) is 4. The fourth-order valence-electron chi connectivity index (χ4n) is 3.08. The highest BCUT2D eigenvalue weighted by Gasteiger charge is 2.22. The molecule has 6 N–H and O–H groups in total. The predicted molar refractivity (Wildman–Crippen MR) is 109 cm³/mol. The number of aliphatic hydroxyl groups is 1. The molecule has 0 spiro atoms. The van der Waals surface area contributed by atoms with E-state index in [0.29, 0.717) is 22.9 Å². The highest BCUT2D eigenvalue weighted by molar-refractivity contribution is 6.62. The maximum atomic E-state index is 11.5. The first-order valence-corrected chi connectivity index (χ1v) is 8.87. The number of anilines is 2. The Balaban J connectivity index is 2.47. The van der Waals surface area contributed by atoms with Gasteiger partial charge in [0.15, 0.2) is 5.71 Å². The van der Waals surface area contributed by atoms with Crippen LogP contribution in [0.3, 0.4) is 0 Å². The number of carbonyl (C=O) groups excluding carboxylic acids is 1. The molecule has 1 aromatic carbocycles. The van der Waals surface area contributed by atoms with Crippen LogP contribution in [0.2, 0.25) is 0 Å². The number of nitrogens with one attached hydrogen (secondary N) is 1. The molecule has 0 aliphatic carbocycles. The number of hydrogen-bond donors (Lipinski definition) is 4. The Bertz CT molecular complexity index is 789. The van der Waals surface area contributed by atoms with E-state index in [0.717, 1.165) is 5.69 Å². The lowest BCUT2D eigenvalue weighted by Gasteiger charge is -2.33. The molecule has 2 rings (SSSR count). The molecule has 1 aliphatic rings. The molecule has 0 bridgehead atoms. The molecule has 9 nitrogen and oxygen atoms in total. The van der Waals surface area contributed by atoms with Gasteiger partial charge in [0.05, 0.1) is 18.0 Å². The van der Waals surface area contributed by atoms with E-state index in [1.807, 2.05) is 12.1 Å². The van der Waals surface area contributed by atoms with Crippen molar-refractivity contribution in [2.45, 2.75) is 39.8 Å². The Morgan fingerprint density at radius 3 is 2.56 bits per heavy atom. The van der Waals surface area contributed by atoms with Crippen molar-refractivity contribution in [3.8, 4) is 0 Å². The second kappa shape index (κ2) is 8.63. The first-order valence-electron chi connectivity index (χ1n) is 8.87. The lowest BCUT2D eigenvalue weighted by atomic mass is 10.1. The van der Waals surface area contributed by atoms with Crippen LogP contribution >= 0.6 is 0 Å². The van der Waals surface area contributed by atoms with Gasteiger partial charge in [0.25, 0.3) is 0 Å². The van der Waals surface area contributed by atoms with Crippen molar-refractivity contribution >= 4 is 40.9 Å². The summed E-state index contributed by atoms with van der Waals surface area (Å²) in [6, 6.07) is 5.48. The van der Waals surface area contributed by atoms with Crippen molar-refractivity contribution in [2.24, 2.45) is 21.6 Å². The molecule has 0 radical (unpaired) electrons. The van der Waals surface area contributed by atoms with Gasteiger partial charge in [-0.15, -0.1) is 4.68 Å². The molecule has 2 amide bonds. The van der Waals surface area contributed by atoms with Crippen molar-refractivity contribution in [3.63, 3.8) is 0 Å². The van der Waals surface area contributed by atoms with Gasteiger partial charge in [-0.25, -0.2) is 9.79 Å². The maximum absolute atomic E-state index is 11.5. The molecule has 0 fully saturated rings. The number of aliphatic hydroxyl groups excluding tert-OH is 1. The van der Waals surface area contributed by atoms with Crippen LogP contribution in [0.15, 0.2) is 28.3 Å². The lowest BCUT2D eigenvalue weighted by Crippen LogP contribution is -2.37. The molecular formula is C18H28N7O2+. The Morgan fingerprint density at radius 1 is 1.33 bits per heavy atom. The minimum absolute atomic E-state index is 0.0747. The van der Waals surface area contributed by atoms with Crippen LogP contribution in [0, 0.1) is 0 Å². The normalized spacial score (nSPS) is 15.3. The van der Waals surface area contributed by atoms with Gasteiger partial charge >= 0.3 is 11.9 Å². The molecule has 0 atom stereocenters. The van der Waals surface area contributed by atoms with Crippen molar-refractivity contribution in [1.29, 1.82) is 0 Å². The van der Waals surface area contributed by atoms with E-state index in [9.17, 15) is 4.79 Å². The minimum atomic E-state index is -0.673. The summed E-state index contributed by atoms with van der Waals surface area (Å²) in [7, 11) is 0. The summed E-state index contributed by atoms with van der Waals surface area (Å²) < 4.78 is 1.47. The largest absolute Gasteiger partial charge is 0.392 e. The fraction of sp³-hybridized carbons (Fsp3) is 0.444. The van der Waals surface area contributed by atoms with Crippen LogP contribution in [0.5, 0.6) is 0 Å². The van der Waals surface area contributed by atoms with Crippen LogP contribution in [-0.4, -0.2) is 58.8 Å². The zero-order valence-electron chi connectivity index (χ0n) is 16.2. The number of benzene rings is 1. The van der Waals surface area contributed by atoms with Gasteiger partial charge in [-0.1, -0.05) is 5.10 Å². The third kappa shape index (κ3) is 4.82. The summed E-state index contributed by atoms with van der Waals surface area (Å²) in [5.41, 5.74) is 13.8. The van der Waals surface area contributed by atoms with E-state index < -0.39 is 6.03 Å². The van der Waals surface area contributed by atoms with Gasteiger partial charge < -0.3 is 21.1 Å². The van der Waals surface area contributed by atoms with E-state index >= 15 is 0 Å². The average molecular weight is 374 g/mol. The van der Waals surface area contributed by atoms with Crippen LogP contribution in [-0.2, 0) is 0 Å². The van der Waals surface area contributed by atoms with E-state index in [2.05, 4.69) is 48.0 Å². The number of primary amides is 1. The van der Waals surface area contributed by atoms with Crippen LogP contribution in [0.4, 0.5) is 21.9 Å². The van der Waals surface area contributed by atoms with Gasteiger partial charge in [0.2, 0.25) is 0 Å². The van der Waals surface area contributed by atoms with Gasteiger partial charge in [-0.05, 0) is 45.9 Å². The Kier molecular flexibility index (Phi) is 6.51. The van der Waals surface area contributed by atoms with Gasteiger partial charge in [-0.3, -0.25) is 5.73 Å².